The molecule has 1 saturated carbocycles. The van der Waals surface area contributed by atoms with E-state index >= 15 is 0 Å². The van der Waals surface area contributed by atoms with Gasteiger partial charge in [-0.25, -0.2) is 13.1 Å². The van der Waals surface area contributed by atoms with Crippen LogP contribution < -0.4 is 4.72 Å². The Labute approximate surface area is 131 Å². The summed E-state index contributed by atoms with van der Waals surface area (Å²) in [6.45, 7) is 0.954. The van der Waals surface area contributed by atoms with Crippen molar-refractivity contribution in [2.24, 2.45) is 0 Å². The van der Waals surface area contributed by atoms with Gasteiger partial charge >= 0.3 is 0 Å². The molecule has 0 aliphatic heterocycles. The molecule has 2 rings (SSSR count). The molecule has 0 unspecified atom stereocenters. The molecular formula is C15H22ClNO3S. The third-order valence-corrected chi connectivity index (χ3v) is 5.61. The van der Waals surface area contributed by atoms with Gasteiger partial charge in [0, 0.05) is 13.2 Å². The average molecular weight is 332 g/mol. The first-order chi connectivity index (χ1) is 10.1. The summed E-state index contributed by atoms with van der Waals surface area (Å²) >= 11 is 5.91. The SMILES string of the molecule is O=S(=O)(NCCCOC1CCCCC1)c1ccccc1Cl. The number of ether oxygens (including phenoxy) is 1. The van der Waals surface area contributed by atoms with Crippen LogP contribution in [0.4, 0.5) is 0 Å². The van der Waals surface area contributed by atoms with Crippen molar-refractivity contribution in [1.29, 1.82) is 0 Å². The largest absolute Gasteiger partial charge is 0.378 e. The zero-order valence-electron chi connectivity index (χ0n) is 12.1. The fourth-order valence-electron chi connectivity index (χ4n) is 2.50. The van der Waals surface area contributed by atoms with Crippen molar-refractivity contribution in [2.75, 3.05) is 13.2 Å². The van der Waals surface area contributed by atoms with Gasteiger partial charge in [-0.1, -0.05) is 43.0 Å². The standard InChI is InChI=1S/C15H22ClNO3S/c16-14-9-4-5-10-15(14)21(18,19)17-11-6-12-20-13-7-2-1-3-8-13/h4-5,9-10,13,17H,1-3,6-8,11-12H2. The van der Waals surface area contributed by atoms with Crippen molar-refractivity contribution < 1.29 is 13.2 Å². The van der Waals surface area contributed by atoms with Gasteiger partial charge in [0.2, 0.25) is 10.0 Å². The van der Waals surface area contributed by atoms with Crippen LogP contribution in [0.3, 0.4) is 0 Å². The van der Waals surface area contributed by atoms with E-state index in [1.807, 2.05) is 0 Å². The number of halogens is 1. The Balaban J connectivity index is 1.71. The molecule has 1 aliphatic carbocycles. The molecule has 1 N–H and O–H groups in total. The van der Waals surface area contributed by atoms with E-state index in [4.69, 9.17) is 16.3 Å². The fourth-order valence-corrected chi connectivity index (χ4v) is 4.09. The lowest BCUT2D eigenvalue weighted by Crippen LogP contribution is -2.26. The van der Waals surface area contributed by atoms with Gasteiger partial charge < -0.3 is 4.74 Å². The van der Waals surface area contributed by atoms with E-state index in [0.29, 0.717) is 25.7 Å². The van der Waals surface area contributed by atoms with E-state index < -0.39 is 10.0 Å². The van der Waals surface area contributed by atoms with Gasteiger partial charge in [0.15, 0.2) is 0 Å². The smallest absolute Gasteiger partial charge is 0.242 e. The predicted octanol–water partition coefficient (Wildman–Crippen LogP) is 3.36. The molecule has 0 bridgehead atoms. The lowest BCUT2D eigenvalue weighted by Gasteiger charge is -2.21. The molecule has 0 radical (unpaired) electrons. The molecule has 0 saturated heterocycles. The summed E-state index contributed by atoms with van der Waals surface area (Å²) in [4.78, 5) is 0.125. The minimum absolute atomic E-state index is 0.125. The molecule has 0 heterocycles. The van der Waals surface area contributed by atoms with Crippen LogP contribution in [0.15, 0.2) is 29.2 Å². The normalized spacial score (nSPS) is 17.0. The minimum Gasteiger partial charge on any atom is -0.378 e. The quantitative estimate of drug-likeness (QED) is 0.779. The number of rotatable bonds is 7. The second-order valence-corrected chi connectivity index (χ2v) is 7.46. The van der Waals surface area contributed by atoms with Crippen LogP contribution >= 0.6 is 11.6 Å². The number of hydrogen-bond donors (Lipinski definition) is 1. The topological polar surface area (TPSA) is 55.4 Å². The Bertz CT molecular complexity index is 542. The molecular weight excluding hydrogens is 310 g/mol. The summed E-state index contributed by atoms with van der Waals surface area (Å²) in [6, 6.07) is 6.44. The van der Waals surface area contributed by atoms with Crippen molar-refractivity contribution in [3.63, 3.8) is 0 Å². The summed E-state index contributed by atoms with van der Waals surface area (Å²) < 4.78 is 32.5. The highest BCUT2D eigenvalue weighted by molar-refractivity contribution is 7.89. The first-order valence-corrected chi connectivity index (χ1v) is 9.31. The molecule has 6 heteroatoms. The van der Waals surface area contributed by atoms with E-state index in [1.165, 1.54) is 25.3 Å². The first-order valence-electron chi connectivity index (χ1n) is 7.45. The molecule has 1 aliphatic rings. The Kier molecular flexibility index (Phi) is 6.48. The van der Waals surface area contributed by atoms with Crippen molar-refractivity contribution >= 4 is 21.6 Å². The van der Waals surface area contributed by atoms with E-state index in [9.17, 15) is 8.42 Å². The van der Waals surface area contributed by atoms with Gasteiger partial charge in [-0.3, -0.25) is 0 Å². The molecule has 1 aromatic carbocycles. The maximum atomic E-state index is 12.1. The van der Waals surface area contributed by atoms with Crippen LogP contribution in [0.1, 0.15) is 38.5 Å². The van der Waals surface area contributed by atoms with Gasteiger partial charge in [-0.2, -0.15) is 0 Å². The summed E-state index contributed by atoms with van der Waals surface area (Å²) in [5.74, 6) is 0. The summed E-state index contributed by atoms with van der Waals surface area (Å²) in [7, 11) is -3.53. The maximum Gasteiger partial charge on any atom is 0.242 e. The van der Waals surface area contributed by atoms with Crippen LogP contribution in [-0.4, -0.2) is 27.7 Å². The van der Waals surface area contributed by atoms with E-state index in [0.717, 1.165) is 12.8 Å². The summed E-state index contributed by atoms with van der Waals surface area (Å²) in [5, 5.41) is 0.239. The van der Waals surface area contributed by atoms with Gasteiger partial charge in [0.05, 0.1) is 11.1 Å². The zero-order valence-corrected chi connectivity index (χ0v) is 13.6. The van der Waals surface area contributed by atoms with Crippen LogP contribution in [-0.2, 0) is 14.8 Å². The Morgan fingerprint density at radius 1 is 1.19 bits per heavy atom. The number of sulfonamides is 1. The monoisotopic (exact) mass is 331 g/mol. The van der Waals surface area contributed by atoms with E-state index in [2.05, 4.69) is 4.72 Å². The Hall–Kier alpha value is -0.620. The van der Waals surface area contributed by atoms with Gasteiger partial charge in [0.25, 0.3) is 0 Å². The third kappa shape index (κ3) is 5.25. The van der Waals surface area contributed by atoms with Crippen LogP contribution in [0, 0.1) is 0 Å². The van der Waals surface area contributed by atoms with Crippen molar-refractivity contribution in [3.8, 4) is 0 Å². The highest BCUT2D eigenvalue weighted by Crippen LogP contribution is 2.21. The maximum absolute atomic E-state index is 12.1. The first kappa shape index (κ1) is 16.7. The van der Waals surface area contributed by atoms with Crippen molar-refractivity contribution in [1.82, 2.24) is 4.72 Å². The molecule has 0 atom stereocenters. The number of hydrogen-bond acceptors (Lipinski definition) is 3. The van der Waals surface area contributed by atoms with Gasteiger partial charge in [-0.05, 0) is 31.4 Å². The summed E-state index contributed by atoms with van der Waals surface area (Å²) in [6.07, 6.45) is 7.07. The fraction of sp³-hybridized carbons (Fsp3) is 0.600. The third-order valence-electron chi connectivity index (χ3n) is 3.65. The zero-order chi connectivity index (χ0) is 15.1. The van der Waals surface area contributed by atoms with E-state index in [1.54, 1.807) is 18.2 Å². The molecule has 4 nitrogen and oxygen atoms in total. The highest BCUT2D eigenvalue weighted by atomic mass is 35.5. The average Bonchev–Trinajstić information content (AvgIpc) is 2.48. The molecule has 0 amide bonds. The van der Waals surface area contributed by atoms with Gasteiger partial charge in [0.1, 0.15) is 4.90 Å². The van der Waals surface area contributed by atoms with Gasteiger partial charge in [-0.15, -0.1) is 0 Å². The number of nitrogens with one attached hydrogen (secondary N) is 1. The lowest BCUT2D eigenvalue weighted by atomic mass is 9.98. The Morgan fingerprint density at radius 2 is 1.90 bits per heavy atom. The van der Waals surface area contributed by atoms with E-state index in [-0.39, 0.29) is 9.92 Å². The second kappa shape index (κ2) is 8.13. The minimum atomic E-state index is -3.53. The molecule has 118 valence electrons. The van der Waals surface area contributed by atoms with Crippen molar-refractivity contribution in [3.05, 3.63) is 29.3 Å². The number of benzene rings is 1. The highest BCUT2D eigenvalue weighted by Gasteiger charge is 2.17. The molecule has 0 spiro atoms. The van der Waals surface area contributed by atoms with Crippen LogP contribution in [0.25, 0.3) is 0 Å². The molecule has 1 aromatic rings. The van der Waals surface area contributed by atoms with Crippen LogP contribution in [0.2, 0.25) is 5.02 Å². The van der Waals surface area contributed by atoms with Crippen molar-refractivity contribution in [2.45, 2.75) is 49.5 Å². The van der Waals surface area contributed by atoms with Crippen LogP contribution in [0.5, 0.6) is 0 Å². The Morgan fingerprint density at radius 3 is 2.62 bits per heavy atom. The lowest BCUT2D eigenvalue weighted by molar-refractivity contribution is 0.0278. The molecule has 1 fully saturated rings. The predicted molar refractivity (Wildman–Crippen MR) is 84.1 cm³/mol. The molecule has 21 heavy (non-hydrogen) atoms. The molecule has 0 aromatic heterocycles. The summed E-state index contributed by atoms with van der Waals surface area (Å²) in [5.41, 5.74) is 0. The second-order valence-electron chi connectivity index (χ2n) is 5.31.